The maximum Gasteiger partial charge on any atom is 0.130 e. The lowest BCUT2D eigenvalue weighted by Gasteiger charge is -2.57. The van der Waals surface area contributed by atoms with Crippen LogP contribution in [0.2, 0.25) is 0 Å². The summed E-state index contributed by atoms with van der Waals surface area (Å²) in [5.41, 5.74) is 0.458. The van der Waals surface area contributed by atoms with E-state index in [2.05, 4.69) is 31.9 Å². The molecule has 0 aromatic rings. The largest absolute Gasteiger partial charge is 0.385 e. The van der Waals surface area contributed by atoms with Gasteiger partial charge in [0.15, 0.2) is 0 Å². The van der Waals surface area contributed by atoms with Gasteiger partial charge in [-0.05, 0) is 56.3 Å². The molecule has 0 saturated heterocycles. The predicted molar refractivity (Wildman–Crippen MR) is 91.4 cm³/mol. The quantitative estimate of drug-likeness (QED) is 0.531. The molecule has 0 spiro atoms. The predicted octanol–water partition coefficient (Wildman–Crippen LogP) is 3.45. The number of aliphatic hydroxyl groups excluding tert-OH is 1. The van der Waals surface area contributed by atoms with Crippen LogP contribution in [0.25, 0.3) is 0 Å². The third kappa shape index (κ3) is 1.84. The number of aliphatic hydroxyl groups is 2. The molecule has 7 atom stereocenters. The topological polar surface area (TPSA) is 40.5 Å². The Labute approximate surface area is 139 Å². The molecule has 2 nitrogen and oxygen atoms in total. The fourth-order valence-corrected chi connectivity index (χ4v) is 6.57. The molecule has 0 aliphatic heterocycles. The fourth-order valence-electron chi connectivity index (χ4n) is 6.57. The van der Waals surface area contributed by atoms with Crippen molar-refractivity contribution in [3.8, 4) is 12.3 Å². The molecule has 0 amide bonds. The van der Waals surface area contributed by atoms with Gasteiger partial charge in [0, 0.05) is 10.8 Å². The lowest BCUT2D eigenvalue weighted by atomic mass is 9.47. The number of hydrogen-bond acceptors (Lipinski definition) is 2. The Morgan fingerprint density at radius 1 is 1.17 bits per heavy atom. The maximum absolute atomic E-state index is 11.0. The molecule has 4 rings (SSSR count). The van der Waals surface area contributed by atoms with Crippen molar-refractivity contribution in [3.63, 3.8) is 0 Å². The second kappa shape index (κ2) is 4.74. The molecule has 0 aromatic carbocycles. The SMILES string of the molecule is C#C[C@]1(O)CC[C@@H]2[C@@H]3CCC4=C[C@H](O)C=C[C@]4(C)[C@H]3CC[C@@]21C. The molecule has 23 heavy (non-hydrogen) atoms. The molecular formula is C21H28O2. The van der Waals surface area contributed by atoms with Crippen LogP contribution in [0.5, 0.6) is 0 Å². The molecule has 0 heterocycles. The average Bonchev–Trinajstić information content (AvgIpc) is 2.80. The minimum absolute atomic E-state index is 0.0837. The van der Waals surface area contributed by atoms with Gasteiger partial charge in [-0.25, -0.2) is 0 Å². The van der Waals surface area contributed by atoms with E-state index in [0.717, 1.165) is 32.1 Å². The third-order valence-corrected chi connectivity index (χ3v) is 8.05. The van der Waals surface area contributed by atoms with E-state index in [1.54, 1.807) is 0 Å². The van der Waals surface area contributed by atoms with Crippen LogP contribution in [0.15, 0.2) is 23.8 Å². The molecular weight excluding hydrogens is 284 g/mol. The molecule has 124 valence electrons. The zero-order valence-corrected chi connectivity index (χ0v) is 14.3. The van der Waals surface area contributed by atoms with Crippen molar-refractivity contribution in [2.75, 3.05) is 0 Å². The molecule has 0 unspecified atom stereocenters. The average molecular weight is 312 g/mol. The van der Waals surface area contributed by atoms with Crippen LogP contribution in [-0.2, 0) is 0 Å². The zero-order chi connectivity index (χ0) is 16.5. The second-order valence-electron chi connectivity index (χ2n) is 8.74. The van der Waals surface area contributed by atoms with Gasteiger partial charge in [0.05, 0.1) is 6.10 Å². The summed E-state index contributed by atoms with van der Waals surface area (Å²) in [4.78, 5) is 0. The Hall–Kier alpha value is -1.04. The van der Waals surface area contributed by atoms with Crippen molar-refractivity contribution in [3.05, 3.63) is 23.8 Å². The summed E-state index contributed by atoms with van der Waals surface area (Å²) in [7, 11) is 0. The van der Waals surface area contributed by atoms with E-state index in [-0.39, 0.29) is 10.8 Å². The van der Waals surface area contributed by atoms with Gasteiger partial charge in [0.25, 0.3) is 0 Å². The molecule has 0 radical (unpaired) electrons. The highest BCUT2D eigenvalue weighted by Crippen LogP contribution is 2.66. The van der Waals surface area contributed by atoms with Gasteiger partial charge in [0.2, 0.25) is 0 Å². The van der Waals surface area contributed by atoms with Crippen LogP contribution in [0.3, 0.4) is 0 Å². The molecule has 2 N–H and O–H groups in total. The Morgan fingerprint density at radius 3 is 2.65 bits per heavy atom. The van der Waals surface area contributed by atoms with E-state index in [1.807, 2.05) is 6.08 Å². The molecule has 0 aromatic heterocycles. The molecule has 3 saturated carbocycles. The monoisotopic (exact) mass is 312 g/mol. The summed E-state index contributed by atoms with van der Waals surface area (Å²) in [5, 5.41) is 20.9. The fraction of sp³-hybridized carbons (Fsp3) is 0.714. The van der Waals surface area contributed by atoms with Crippen LogP contribution < -0.4 is 0 Å². The van der Waals surface area contributed by atoms with Crippen LogP contribution >= 0.6 is 0 Å². The first-order chi connectivity index (χ1) is 10.8. The van der Waals surface area contributed by atoms with Crippen molar-refractivity contribution in [1.82, 2.24) is 0 Å². The normalized spacial score (nSPS) is 54.5. The van der Waals surface area contributed by atoms with Crippen molar-refractivity contribution >= 4 is 0 Å². The number of rotatable bonds is 0. The number of hydrogen-bond donors (Lipinski definition) is 2. The Kier molecular flexibility index (Phi) is 3.19. The summed E-state index contributed by atoms with van der Waals surface area (Å²) in [6.07, 6.45) is 17.8. The number of fused-ring (bicyclic) bond motifs is 5. The molecule has 4 aliphatic carbocycles. The van der Waals surface area contributed by atoms with E-state index in [4.69, 9.17) is 6.42 Å². The molecule has 3 fully saturated rings. The van der Waals surface area contributed by atoms with E-state index < -0.39 is 11.7 Å². The second-order valence-corrected chi connectivity index (χ2v) is 8.74. The van der Waals surface area contributed by atoms with Crippen LogP contribution in [0.1, 0.15) is 52.4 Å². The van der Waals surface area contributed by atoms with Gasteiger partial charge in [0.1, 0.15) is 5.60 Å². The van der Waals surface area contributed by atoms with E-state index in [9.17, 15) is 10.2 Å². The number of allylic oxidation sites excluding steroid dienone is 2. The standard InChI is InChI=1S/C21H28O2/c1-4-21(23)12-9-18-16-6-5-14-13-15(22)7-10-19(14,2)17(16)8-11-20(18,21)3/h1,7,10,13,15-18,22-23H,5-6,8-9,11-12H2,2-3H3/t15-,16-,17+,18-,19+,20+,21+/m1/s1. The van der Waals surface area contributed by atoms with Crippen molar-refractivity contribution < 1.29 is 10.2 Å². The van der Waals surface area contributed by atoms with Crippen LogP contribution in [-0.4, -0.2) is 21.9 Å². The zero-order valence-electron chi connectivity index (χ0n) is 14.3. The lowest BCUT2D eigenvalue weighted by Crippen LogP contribution is -2.54. The lowest BCUT2D eigenvalue weighted by molar-refractivity contribution is -0.0917. The maximum atomic E-state index is 11.0. The molecule has 2 heteroatoms. The van der Waals surface area contributed by atoms with Gasteiger partial charge in [-0.2, -0.15) is 0 Å². The summed E-state index contributed by atoms with van der Waals surface area (Å²) >= 11 is 0. The first kappa shape index (κ1) is 15.5. The van der Waals surface area contributed by atoms with Gasteiger partial charge < -0.3 is 10.2 Å². The first-order valence-corrected chi connectivity index (χ1v) is 9.13. The Morgan fingerprint density at radius 2 is 1.91 bits per heavy atom. The van der Waals surface area contributed by atoms with E-state index >= 15 is 0 Å². The highest BCUT2D eigenvalue weighted by Gasteiger charge is 2.63. The molecule has 4 aliphatic rings. The highest BCUT2D eigenvalue weighted by atomic mass is 16.3. The first-order valence-electron chi connectivity index (χ1n) is 9.13. The summed E-state index contributed by atoms with van der Waals surface area (Å²) in [5.74, 6) is 4.53. The van der Waals surface area contributed by atoms with Gasteiger partial charge >= 0.3 is 0 Å². The van der Waals surface area contributed by atoms with Crippen molar-refractivity contribution in [2.45, 2.75) is 64.1 Å². The van der Waals surface area contributed by atoms with E-state index in [0.29, 0.717) is 17.8 Å². The van der Waals surface area contributed by atoms with Crippen LogP contribution in [0.4, 0.5) is 0 Å². The summed E-state index contributed by atoms with van der Waals surface area (Å²) < 4.78 is 0. The van der Waals surface area contributed by atoms with Gasteiger partial charge in [-0.3, -0.25) is 0 Å². The molecule has 0 bridgehead atoms. The third-order valence-electron chi connectivity index (χ3n) is 8.05. The number of terminal acetylenes is 1. The minimum atomic E-state index is -0.918. The van der Waals surface area contributed by atoms with Crippen molar-refractivity contribution in [2.24, 2.45) is 28.6 Å². The minimum Gasteiger partial charge on any atom is -0.385 e. The van der Waals surface area contributed by atoms with Gasteiger partial charge in [-0.15, -0.1) is 6.42 Å². The smallest absolute Gasteiger partial charge is 0.130 e. The van der Waals surface area contributed by atoms with Gasteiger partial charge in [-0.1, -0.05) is 43.6 Å². The summed E-state index contributed by atoms with van der Waals surface area (Å²) in [6.45, 7) is 4.58. The van der Waals surface area contributed by atoms with Crippen molar-refractivity contribution in [1.29, 1.82) is 0 Å². The summed E-state index contributed by atoms with van der Waals surface area (Å²) in [6, 6.07) is 0. The Balaban J connectivity index is 1.70. The van der Waals surface area contributed by atoms with E-state index in [1.165, 1.54) is 12.0 Å². The highest BCUT2D eigenvalue weighted by molar-refractivity contribution is 5.34. The Bertz CT molecular complexity index is 626. The van der Waals surface area contributed by atoms with Crippen LogP contribution in [0, 0.1) is 40.9 Å².